The van der Waals surface area contributed by atoms with Crippen molar-refractivity contribution in [1.82, 2.24) is 20.2 Å². The van der Waals surface area contributed by atoms with Gasteiger partial charge in [-0.2, -0.15) is 8.62 Å². The first kappa shape index (κ1) is 59.2. The second-order valence-electron chi connectivity index (χ2n) is 17.6. The van der Waals surface area contributed by atoms with Crippen LogP contribution < -0.4 is 33.0 Å². The highest BCUT2D eigenvalue weighted by atomic mass is 31.3. The number of carbonyl (C=O) groups excluding carboxylic acids is 2. The van der Waals surface area contributed by atoms with Gasteiger partial charge in [-0.1, -0.05) is 18.2 Å². The van der Waals surface area contributed by atoms with E-state index < -0.39 is 94.4 Å². The molecule has 0 bridgehead atoms. The Morgan fingerprint density at radius 1 is 0.987 bits per heavy atom. The molecule has 11 N–H and O–H groups in total. The van der Waals surface area contributed by atoms with Gasteiger partial charge in [0.2, 0.25) is 0 Å². The second-order valence-corrected chi connectivity index (χ2v) is 22.0. The number of aromatic amines is 1. The van der Waals surface area contributed by atoms with E-state index in [9.17, 15) is 67.8 Å². The van der Waals surface area contributed by atoms with Crippen molar-refractivity contribution in [3.05, 3.63) is 148 Å². The smallest absolute Gasteiger partial charge is 0.478 e. The van der Waals surface area contributed by atoms with Crippen molar-refractivity contribution in [2.45, 2.75) is 65.2 Å². The summed E-state index contributed by atoms with van der Waals surface area (Å²) in [7, 11) is -17.1. The van der Waals surface area contributed by atoms with Crippen molar-refractivity contribution in [3.8, 4) is 22.5 Å². The van der Waals surface area contributed by atoms with Crippen LogP contribution in [0.25, 0.3) is 39.5 Å². The van der Waals surface area contributed by atoms with E-state index in [4.69, 9.17) is 29.4 Å². The van der Waals surface area contributed by atoms with Crippen LogP contribution in [-0.4, -0.2) is 94.1 Å². The topological polar surface area (TPSA) is 444 Å². The average Bonchev–Trinajstić information content (AvgIpc) is 3.93. The van der Waals surface area contributed by atoms with Gasteiger partial charge in [0.05, 0.1) is 39.7 Å². The highest BCUT2D eigenvalue weighted by Crippen LogP contribution is 2.66. The number of carboxylic acids is 1. The zero-order valence-electron chi connectivity index (χ0n) is 41.8. The Morgan fingerprint density at radius 2 is 1.72 bits per heavy atom. The molecule has 420 valence electrons. The fourth-order valence-corrected chi connectivity index (χ4v) is 11.4. The molecule has 2 aliphatic heterocycles. The van der Waals surface area contributed by atoms with Crippen molar-refractivity contribution in [2.24, 2.45) is 4.99 Å². The molecule has 1 aromatic heterocycles. The van der Waals surface area contributed by atoms with Gasteiger partial charge in [-0.25, -0.2) is 28.1 Å². The fourth-order valence-electron chi connectivity index (χ4n) is 8.34. The Morgan fingerprint density at radius 3 is 2.41 bits per heavy atom. The van der Waals surface area contributed by atoms with E-state index in [1.807, 2.05) is 24.9 Å². The third-order valence-corrected chi connectivity index (χ3v) is 15.8. The summed E-state index contributed by atoms with van der Waals surface area (Å²) in [6, 6.07) is 15.1. The number of hydrogen-bond donors (Lipinski definition) is 10. The summed E-state index contributed by atoms with van der Waals surface area (Å²) in [5.74, 6) is -1.48. The number of hydrogen-bond acceptors (Lipinski definition) is 19. The van der Waals surface area contributed by atoms with Gasteiger partial charge in [0.25, 0.3) is 17.2 Å². The van der Waals surface area contributed by atoms with E-state index in [2.05, 4.69) is 28.8 Å². The van der Waals surface area contributed by atoms with Gasteiger partial charge >= 0.3 is 41.2 Å². The molecule has 7 rings (SSSR count). The maximum Gasteiger partial charge on any atom is 0.490 e. The number of aryl methyl sites for hydroxylation is 2. The number of aliphatic hydroxyl groups is 1. The number of nitrogen functional groups attached to an aromatic ring is 1. The number of phosphoric ester groups is 1. The SMILES string of the molecule is CCN=c1cc2oc3cc(N)c(C)cc3c(-c3cc(C(=O)NCc4ccc([N+](=O)[O-])c(C(C)OC(=O)NC/C=C/c5cn([C@H]6C[C@@H](O)[C@@H](COP(=O)(O)OP(=O)(O)OP(=O)(O)O)O6)c(=O)[nH]c5=O)c4)ccc3C(=O)O)c-2cc1C. The number of ether oxygens (including phenoxy) is 2. The van der Waals surface area contributed by atoms with E-state index >= 15 is 0 Å². The number of nitro benzene ring substituents is 1. The zero-order valence-corrected chi connectivity index (χ0v) is 44.5. The molecule has 3 aromatic carbocycles. The number of nitrogens with zero attached hydrogens (tertiary/aromatic N) is 3. The third-order valence-electron chi connectivity index (χ3n) is 12.0. The van der Waals surface area contributed by atoms with Gasteiger partial charge in [0.1, 0.15) is 29.8 Å². The first-order valence-electron chi connectivity index (χ1n) is 23.3. The Kier molecular flexibility index (Phi) is 17.9. The van der Waals surface area contributed by atoms with Crippen LogP contribution in [0.15, 0.2) is 91.9 Å². The number of nitro groups is 1. The van der Waals surface area contributed by atoms with E-state index in [1.54, 1.807) is 25.1 Å². The molecule has 1 aliphatic carbocycles. The van der Waals surface area contributed by atoms with Crippen molar-refractivity contribution in [2.75, 3.05) is 25.4 Å². The van der Waals surface area contributed by atoms with Gasteiger partial charge in [-0.3, -0.25) is 38.8 Å². The number of phosphoric acid groups is 3. The molecular formula is C47H50N7O22P3. The molecule has 4 aromatic rings. The van der Waals surface area contributed by atoms with Gasteiger partial charge in [-0.05, 0) is 86.3 Å². The summed E-state index contributed by atoms with van der Waals surface area (Å²) >= 11 is 0. The highest BCUT2D eigenvalue weighted by molar-refractivity contribution is 7.66. The summed E-state index contributed by atoms with van der Waals surface area (Å²) in [6.07, 6.45) is -3.57. The minimum absolute atomic E-state index is 0.0470. The number of benzene rings is 4. The van der Waals surface area contributed by atoms with Crippen LogP contribution in [0.3, 0.4) is 0 Å². The van der Waals surface area contributed by atoms with Crippen LogP contribution in [-0.2, 0) is 42.9 Å². The Labute approximate surface area is 444 Å². The zero-order chi connectivity index (χ0) is 57.9. The number of carboxylic acid groups (broad SMARTS) is 1. The number of aliphatic hydroxyl groups excluding tert-OH is 1. The van der Waals surface area contributed by atoms with E-state index in [-0.39, 0.29) is 47.3 Å². The normalized spacial score (nSPS) is 17.8. The van der Waals surface area contributed by atoms with E-state index in [0.29, 0.717) is 56.6 Å². The molecule has 32 heteroatoms. The van der Waals surface area contributed by atoms with Crippen LogP contribution in [0.2, 0.25) is 0 Å². The van der Waals surface area contributed by atoms with E-state index in [1.165, 1.54) is 55.5 Å². The molecule has 0 radical (unpaired) electrons. The van der Waals surface area contributed by atoms with Crippen molar-refractivity contribution < 1.29 is 89.8 Å². The Balaban J connectivity index is 1.01. The lowest BCUT2D eigenvalue weighted by molar-refractivity contribution is -0.386. The van der Waals surface area contributed by atoms with Crippen molar-refractivity contribution >= 4 is 69.9 Å². The fraction of sp³-hybridized carbons (Fsp3) is 0.277. The molecule has 0 saturated carbocycles. The summed E-state index contributed by atoms with van der Waals surface area (Å²) in [5, 5.41) is 39.4. The number of anilines is 1. The van der Waals surface area contributed by atoms with E-state index in [0.717, 1.165) is 16.3 Å². The lowest BCUT2D eigenvalue weighted by atomic mass is 9.88. The maximum absolute atomic E-state index is 13.9. The summed E-state index contributed by atoms with van der Waals surface area (Å²) in [4.78, 5) is 119. The number of carbonyl (C=O) groups is 3. The number of alkyl carbamates (subject to hydrolysis) is 1. The summed E-state index contributed by atoms with van der Waals surface area (Å²) in [5.41, 5.74) is 7.59. The molecule has 2 amide bonds. The largest absolute Gasteiger partial charge is 0.490 e. The molecule has 29 nitrogen and oxygen atoms in total. The summed E-state index contributed by atoms with van der Waals surface area (Å²) in [6.45, 7) is 5.90. The number of aromatic carboxylic acids is 1. The maximum atomic E-state index is 13.9. The molecule has 79 heavy (non-hydrogen) atoms. The third kappa shape index (κ3) is 14.4. The second kappa shape index (κ2) is 23.9. The van der Waals surface area contributed by atoms with Crippen LogP contribution in [0.4, 0.5) is 16.2 Å². The number of nitrogens with two attached hydrogens (primary N) is 1. The lowest BCUT2D eigenvalue weighted by Crippen LogP contribution is -2.33. The van der Waals surface area contributed by atoms with Crippen LogP contribution >= 0.6 is 23.5 Å². The van der Waals surface area contributed by atoms with Crippen LogP contribution in [0.1, 0.15) is 81.1 Å². The van der Waals surface area contributed by atoms with Crippen molar-refractivity contribution in [3.63, 3.8) is 0 Å². The van der Waals surface area contributed by atoms with Crippen molar-refractivity contribution in [1.29, 1.82) is 0 Å². The van der Waals surface area contributed by atoms with Gasteiger partial charge in [-0.15, -0.1) is 0 Å². The number of nitrogens with one attached hydrogen (secondary N) is 3. The average molecular weight is 1160 g/mol. The van der Waals surface area contributed by atoms with Crippen LogP contribution in [0, 0.1) is 24.0 Å². The lowest BCUT2D eigenvalue weighted by Gasteiger charge is -2.19. The highest BCUT2D eigenvalue weighted by Gasteiger charge is 2.43. The quantitative estimate of drug-likeness (QED) is 0.0154. The minimum Gasteiger partial charge on any atom is -0.478 e. The molecule has 3 unspecified atom stereocenters. The predicted molar refractivity (Wildman–Crippen MR) is 277 cm³/mol. The molecule has 1 saturated heterocycles. The first-order chi connectivity index (χ1) is 37.0. The number of rotatable bonds is 20. The Hall–Kier alpha value is -7.49. The molecule has 3 aliphatic rings. The molecular weight excluding hydrogens is 1110 g/mol. The monoisotopic (exact) mass is 1160 g/mol. The predicted octanol–water partition coefficient (Wildman–Crippen LogP) is 5.20. The number of aromatic nitrogens is 2. The van der Waals surface area contributed by atoms with Gasteiger partial charge < -0.3 is 60.0 Å². The number of fused-ring (bicyclic) bond motifs is 2. The standard InChI is InChI=1S/C47H50N7O22P3/c1-5-49-35-18-39-33(14-24(35)3)42(32-13-23(2)34(48)17-38(32)73-39)31-16-27(9-10-29(31)45(58)59)43(56)51-20-26-8-11-36(54(62)63)30(15-26)25(4)72-47(61)50-12-6-7-28-21-53(46(60)52-44(28)57)41-19-37(55)40(74-41)22-71-78(67,68)76-79(69,70)75-77(64,65)66/h6-11,13-18,21,25,37,40-41,55H,5,12,19-20,22,48H2,1-4H3,(H,50,61)(H,51,56)(H,58,59)(H,67,68)(H,69,70)(H,52,57,60)(H2,64,65,66)/b7-6+,49-35?/t25?,37-,40-,41-/m1/s1. The molecule has 0 spiro atoms. The van der Waals surface area contributed by atoms with Gasteiger partial charge in [0.15, 0.2) is 0 Å². The van der Waals surface area contributed by atoms with Crippen LogP contribution in [0.5, 0.6) is 0 Å². The van der Waals surface area contributed by atoms with Gasteiger partial charge in [0, 0.05) is 78.2 Å². The number of H-pyrrole nitrogens is 1. The Bertz CT molecular complexity index is 3760. The molecule has 1 fully saturated rings. The minimum atomic E-state index is -5.84. The molecule has 6 atom stereocenters. The first-order valence-corrected chi connectivity index (χ1v) is 27.8. The number of amides is 2. The summed E-state index contributed by atoms with van der Waals surface area (Å²) < 4.78 is 64.5. The molecule has 3 heterocycles.